The lowest BCUT2D eigenvalue weighted by atomic mass is 9.94. The number of hydrogen-bond acceptors (Lipinski definition) is 5. The van der Waals surface area contributed by atoms with Gasteiger partial charge in [-0.25, -0.2) is 9.97 Å². The zero-order valence-corrected chi connectivity index (χ0v) is 19.0. The van der Waals surface area contributed by atoms with E-state index in [1.54, 1.807) is 13.3 Å². The molecule has 0 bridgehead atoms. The van der Waals surface area contributed by atoms with Crippen molar-refractivity contribution in [3.63, 3.8) is 0 Å². The van der Waals surface area contributed by atoms with E-state index < -0.39 is 0 Å². The molecule has 1 saturated carbocycles. The van der Waals surface area contributed by atoms with Gasteiger partial charge in [-0.3, -0.25) is 4.99 Å². The van der Waals surface area contributed by atoms with Gasteiger partial charge in [-0.15, -0.1) is 0 Å². The Morgan fingerprint density at radius 3 is 2.53 bits per heavy atom. The van der Waals surface area contributed by atoms with Crippen LogP contribution in [0.2, 0.25) is 0 Å². The number of aromatic nitrogens is 3. The van der Waals surface area contributed by atoms with Crippen LogP contribution >= 0.6 is 0 Å². The fourth-order valence-electron chi connectivity index (χ4n) is 4.35. The number of fused-ring (bicyclic) bond motifs is 2. The molecule has 0 saturated heterocycles. The second-order valence-corrected chi connectivity index (χ2v) is 8.56. The molecule has 34 heavy (non-hydrogen) atoms. The largest absolute Gasteiger partial charge is 0.481 e. The van der Waals surface area contributed by atoms with Crippen LogP contribution in [0, 0.1) is 0 Å². The predicted molar refractivity (Wildman–Crippen MR) is 135 cm³/mol. The standard InChI is InChI=1S/C28H25N5O/c1-34-28-15-14-20(18-29-28)31-23-16-25-27(17-24(23)30-19-8-7-9-19)33(21-10-3-2-4-11-21)26-13-6-5-12-22(26)32-25/h2-6,10-19,31H,7-9H2,1H3. The average molecular weight is 448 g/mol. The van der Waals surface area contributed by atoms with Gasteiger partial charge in [-0.2, -0.15) is 0 Å². The summed E-state index contributed by atoms with van der Waals surface area (Å²) in [5.74, 6) is 0.584. The lowest BCUT2D eigenvalue weighted by molar-refractivity contribution is 0.398. The Morgan fingerprint density at radius 2 is 1.79 bits per heavy atom. The number of hydrogen-bond donors (Lipinski definition) is 1. The van der Waals surface area contributed by atoms with Crippen molar-refractivity contribution < 1.29 is 4.74 Å². The number of methoxy groups -OCH3 is 1. The normalized spacial score (nSPS) is 14.3. The first-order valence-corrected chi connectivity index (χ1v) is 11.6. The first kappa shape index (κ1) is 20.4. The first-order chi connectivity index (χ1) is 16.8. The Bertz CT molecular complexity index is 1490. The number of pyridine rings is 1. The van der Waals surface area contributed by atoms with Gasteiger partial charge in [-0.1, -0.05) is 30.3 Å². The minimum atomic E-state index is 0.366. The van der Waals surface area contributed by atoms with E-state index in [0.717, 1.165) is 57.7 Å². The van der Waals surface area contributed by atoms with E-state index in [9.17, 15) is 0 Å². The van der Waals surface area contributed by atoms with Crippen molar-refractivity contribution in [3.8, 4) is 23.0 Å². The Kier molecular flexibility index (Phi) is 5.18. The molecule has 1 aromatic heterocycles. The van der Waals surface area contributed by atoms with E-state index in [1.807, 2.05) is 24.3 Å². The molecule has 168 valence electrons. The molecule has 6 nitrogen and oxygen atoms in total. The van der Waals surface area contributed by atoms with Gasteiger partial charge in [0.2, 0.25) is 5.88 Å². The first-order valence-electron chi connectivity index (χ1n) is 11.6. The predicted octanol–water partition coefficient (Wildman–Crippen LogP) is 5.73. The van der Waals surface area contributed by atoms with E-state index in [-0.39, 0.29) is 0 Å². The monoisotopic (exact) mass is 447 g/mol. The van der Waals surface area contributed by atoms with Crippen molar-refractivity contribution in [2.75, 3.05) is 12.4 Å². The summed E-state index contributed by atoms with van der Waals surface area (Å²) < 4.78 is 7.48. The van der Waals surface area contributed by atoms with Crippen LogP contribution in [-0.2, 0) is 0 Å². The fourth-order valence-corrected chi connectivity index (χ4v) is 4.35. The highest BCUT2D eigenvalue weighted by molar-refractivity contribution is 5.84. The third-order valence-electron chi connectivity index (χ3n) is 6.33. The van der Waals surface area contributed by atoms with E-state index >= 15 is 0 Å². The molecule has 2 aromatic carbocycles. The van der Waals surface area contributed by atoms with Gasteiger partial charge >= 0.3 is 0 Å². The summed E-state index contributed by atoms with van der Waals surface area (Å²) in [6.45, 7) is 0. The Labute approximate surface area is 198 Å². The Hall–Kier alpha value is -4.19. The van der Waals surface area contributed by atoms with E-state index in [4.69, 9.17) is 14.7 Å². The summed E-state index contributed by atoms with van der Waals surface area (Å²) in [5, 5.41) is 4.46. The quantitative estimate of drug-likeness (QED) is 0.350. The second kappa shape index (κ2) is 8.63. The highest BCUT2D eigenvalue weighted by Crippen LogP contribution is 2.31. The molecule has 0 unspecified atom stereocenters. The molecule has 2 aliphatic carbocycles. The summed E-state index contributed by atoms with van der Waals surface area (Å²) in [7, 11) is 1.62. The molecule has 2 heterocycles. The molecule has 3 aromatic rings. The molecule has 0 atom stereocenters. The van der Waals surface area contributed by atoms with Gasteiger partial charge in [0.15, 0.2) is 0 Å². The zero-order chi connectivity index (χ0) is 22.9. The number of ether oxygens (including phenoxy) is 1. The Morgan fingerprint density at radius 1 is 0.971 bits per heavy atom. The SMILES string of the molecule is COc1ccc(Nc2cc3nc4ccccc4n(-c4ccccc4)c-3cc2=NC2CCC2)cn1. The maximum atomic E-state index is 5.20. The molecule has 1 fully saturated rings. The van der Waals surface area contributed by atoms with Gasteiger partial charge in [-0.05, 0) is 61.7 Å². The summed E-state index contributed by atoms with van der Waals surface area (Å²) >= 11 is 0. The van der Waals surface area contributed by atoms with Crippen LogP contribution in [-0.4, -0.2) is 27.7 Å². The number of nitrogens with zero attached hydrogens (tertiary/aromatic N) is 4. The second-order valence-electron chi connectivity index (χ2n) is 8.56. The minimum Gasteiger partial charge on any atom is -0.481 e. The van der Waals surface area contributed by atoms with Crippen molar-refractivity contribution in [2.45, 2.75) is 25.3 Å². The topological polar surface area (TPSA) is 64.3 Å². The molecular formula is C28H25N5O. The van der Waals surface area contributed by atoms with Crippen LogP contribution in [0.15, 0.2) is 90.1 Å². The number of nitrogens with one attached hydrogen (secondary N) is 1. The summed E-state index contributed by atoms with van der Waals surface area (Å²) in [6, 6.07) is 27.1. The molecule has 6 heteroatoms. The van der Waals surface area contributed by atoms with Crippen molar-refractivity contribution in [1.29, 1.82) is 0 Å². The number of benzene rings is 3. The molecule has 1 N–H and O–H groups in total. The van der Waals surface area contributed by atoms with Crippen LogP contribution in [0.1, 0.15) is 19.3 Å². The third-order valence-corrected chi connectivity index (χ3v) is 6.33. The lowest BCUT2D eigenvalue weighted by Gasteiger charge is -2.23. The highest BCUT2D eigenvalue weighted by atomic mass is 16.5. The number of anilines is 2. The molecule has 1 aliphatic heterocycles. The average Bonchev–Trinajstić information content (AvgIpc) is 2.86. The van der Waals surface area contributed by atoms with Crippen molar-refractivity contribution in [3.05, 3.63) is 90.4 Å². The summed E-state index contributed by atoms with van der Waals surface area (Å²) in [4.78, 5) is 14.5. The minimum absolute atomic E-state index is 0.366. The Balaban J connectivity index is 1.59. The van der Waals surface area contributed by atoms with Gasteiger partial charge in [0.05, 0.1) is 58.5 Å². The van der Waals surface area contributed by atoms with Crippen LogP contribution in [0.4, 0.5) is 11.4 Å². The number of para-hydroxylation sites is 3. The van der Waals surface area contributed by atoms with E-state index in [1.165, 1.54) is 6.42 Å². The van der Waals surface area contributed by atoms with Gasteiger partial charge in [0.1, 0.15) is 0 Å². The third kappa shape index (κ3) is 3.77. The van der Waals surface area contributed by atoms with Crippen LogP contribution in [0.25, 0.3) is 28.1 Å². The molecular weight excluding hydrogens is 422 g/mol. The van der Waals surface area contributed by atoms with Crippen molar-refractivity contribution in [2.24, 2.45) is 4.99 Å². The fraction of sp³-hybridized carbons (Fsp3) is 0.179. The maximum absolute atomic E-state index is 5.20. The maximum Gasteiger partial charge on any atom is 0.213 e. The zero-order valence-electron chi connectivity index (χ0n) is 19.0. The van der Waals surface area contributed by atoms with Crippen molar-refractivity contribution >= 4 is 22.4 Å². The molecule has 0 spiro atoms. The van der Waals surface area contributed by atoms with Crippen LogP contribution in [0.5, 0.6) is 5.88 Å². The van der Waals surface area contributed by atoms with Crippen molar-refractivity contribution in [1.82, 2.24) is 14.5 Å². The molecule has 0 radical (unpaired) electrons. The van der Waals surface area contributed by atoms with E-state index in [2.05, 4.69) is 69.5 Å². The smallest absolute Gasteiger partial charge is 0.213 e. The van der Waals surface area contributed by atoms with E-state index in [0.29, 0.717) is 11.9 Å². The summed E-state index contributed by atoms with van der Waals surface area (Å²) in [5.41, 5.74) is 6.84. The van der Waals surface area contributed by atoms with Gasteiger partial charge in [0, 0.05) is 11.8 Å². The lowest BCUT2D eigenvalue weighted by Crippen LogP contribution is -2.22. The molecule has 0 amide bonds. The van der Waals surface area contributed by atoms with Crippen LogP contribution < -0.4 is 15.4 Å². The molecule has 6 rings (SSSR count). The highest BCUT2D eigenvalue weighted by Gasteiger charge is 2.19. The number of rotatable bonds is 5. The van der Waals surface area contributed by atoms with Gasteiger partial charge in [0.25, 0.3) is 0 Å². The molecule has 3 aliphatic rings. The van der Waals surface area contributed by atoms with Crippen LogP contribution in [0.3, 0.4) is 0 Å². The van der Waals surface area contributed by atoms with Gasteiger partial charge < -0.3 is 14.6 Å². The summed E-state index contributed by atoms with van der Waals surface area (Å²) in [6.07, 6.45) is 5.28.